The van der Waals surface area contributed by atoms with E-state index in [9.17, 15) is 22.8 Å². The third kappa shape index (κ3) is 4.96. The van der Waals surface area contributed by atoms with E-state index in [2.05, 4.69) is 10.0 Å². The first kappa shape index (κ1) is 20.5. The first-order valence-corrected chi connectivity index (χ1v) is 11.2. The van der Waals surface area contributed by atoms with Crippen LogP contribution in [0.25, 0.3) is 0 Å². The van der Waals surface area contributed by atoms with Crippen LogP contribution in [-0.2, 0) is 31.0 Å². The average molecular weight is 407 g/mol. The molecule has 3 amide bonds. The highest BCUT2D eigenvalue weighted by atomic mass is 32.2. The van der Waals surface area contributed by atoms with Gasteiger partial charge in [-0.2, -0.15) is 0 Å². The van der Waals surface area contributed by atoms with Gasteiger partial charge in [0.1, 0.15) is 6.54 Å². The van der Waals surface area contributed by atoms with Crippen LogP contribution in [0.4, 0.5) is 0 Å². The monoisotopic (exact) mass is 407 g/mol. The summed E-state index contributed by atoms with van der Waals surface area (Å²) >= 11 is 0. The zero-order chi connectivity index (χ0) is 20.1. The normalized spacial score (nSPS) is 22.2. The fraction of sp³-hybridized carbons (Fsp3) is 0.526. The zero-order valence-electron chi connectivity index (χ0n) is 15.6. The summed E-state index contributed by atoms with van der Waals surface area (Å²) in [6.07, 6.45) is 3.24. The molecule has 2 fully saturated rings. The molecule has 8 nitrogen and oxygen atoms in total. The van der Waals surface area contributed by atoms with E-state index in [1.165, 1.54) is 0 Å². The second-order valence-corrected chi connectivity index (χ2v) is 9.16. The van der Waals surface area contributed by atoms with Gasteiger partial charge in [-0.25, -0.2) is 13.1 Å². The van der Waals surface area contributed by atoms with Crippen LogP contribution in [-0.4, -0.2) is 49.9 Å². The van der Waals surface area contributed by atoms with Gasteiger partial charge in [-0.05, 0) is 18.4 Å². The lowest BCUT2D eigenvalue weighted by Crippen LogP contribution is -2.42. The van der Waals surface area contributed by atoms with E-state index in [4.69, 9.17) is 0 Å². The fourth-order valence-electron chi connectivity index (χ4n) is 3.77. The van der Waals surface area contributed by atoms with Gasteiger partial charge in [0, 0.05) is 13.1 Å². The quantitative estimate of drug-likeness (QED) is 0.606. The van der Waals surface area contributed by atoms with Gasteiger partial charge in [0.15, 0.2) is 0 Å². The summed E-state index contributed by atoms with van der Waals surface area (Å²) in [6, 6.07) is 9.11. The van der Waals surface area contributed by atoms with Crippen LogP contribution in [0.2, 0.25) is 0 Å². The Kier molecular flexibility index (Phi) is 6.46. The van der Waals surface area contributed by atoms with Crippen molar-refractivity contribution >= 4 is 27.7 Å². The SMILES string of the molecule is O=C(CN1C(=O)C2CCCCC2C1=O)NCCS(=O)(=O)NCc1ccccc1. The molecule has 0 spiro atoms. The van der Waals surface area contributed by atoms with Crippen molar-refractivity contribution in [3.8, 4) is 0 Å². The second-order valence-electron chi connectivity index (χ2n) is 7.24. The van der Waals surface area contributed by atoms with Crippen molar-refractivity contribution in [3.63, 3.8) is 0 Å². The summed E-state index contributed by atoms with van der Waals surface area (Å²) in [4.78, 5) is 37.8. The first-order chi connectivity index (χ1) is 13.4. The molecule has 2 unspecified atom stereocenters. The van der Waals surface area contributed by atoms with Crippen molar-refractivity contribution in [2.45, 2.75) is 32.2 Å². The minimum absolute atomic E-state index is 0.0912. The summed E-state index contributed by atoms with van der Waals surface area (Å²) in [5.74, 6) is -1.95. The Bertz CT molecular complexity index is 816. The number of amides is 3. The number of nitrogens with zero attached hydrogens (tertiary/aromatic N) is 1. The van der Waals surface area contributed by atoms with Crippen molar-refractivity contribution in [1.82, 2.24) is 14.9 Å². The minimum Gasteiger partial charge on any atom is -0.353 e. The number of hydrogen-bond donors (Lipinski definition) is 2. The molecule has 1 heterocycles. The lowest BCUT2D eigenvalue weighted by atomic mass is 9.81. The Morgan fingerprint density at radius 2 is 1.64 bits per heavy atom. The summed E-state index contributed by atoms with van der Waals surface area (Å²) in [5.41, 5.74) is 0.836. The molecule has 152 valence electrons. The van der Waals surface area contributed by atoms with E-state index in [1.54, 1.807) is 0 Å². The number of nitrogens with one attached hydrogen (secondary N) is 2. The molecule has 2 N–H and O–H groups in total. The average Bonchev–Trinajstić information content (AvgIpc) is 2.92. The van der Waals surface area contributed by atoms with E-state index in [0.29, 0.717) is 12.8 Å². The van der Waals surface area contributed by atoms with E-state index in [-0.39, 0.29) is 49.0 Å². The van der Waals surface area contributed by atoms with Crippen molar-refractivity contribution in [2.24, 2.45) is 11.8 Å². The third-order valence-corrected chi connectivity index (χ3v) is 6.59. The lowest BCUT2D eigenvalue weighted by molar-refractivity contribution is -0.143. The van der Waals surface area contributed by atoms with Crippen molar-refractivity contribution in [2.75, 3.05) is 18.8 Å². The Morgan fingerprint density at radius 3 is 2.25 bits per heavy atom. The van der Waals surface area contributed by atoms with Gasteiger partial charge >= 0.3 is 0 Å². The molecule has 1 aromatic carbocycles. The number of likely N-dealkylation sites (tertiary alicyclic amines) is 1. The number of benzene rings is 1. The van der Waals surface area contributed by atoms with Gasteiger partial charge in [-0.1, -0.05) is 43.2 Å². The molecule has 3 rings (SSSR count). The van der Waals surface area contributed by atoms with Crippen molar-refractivity contribution in [3.05, 3.63) is 35.9 Å². The molecule has 0 aromatic heterocycles. The van der Waals surface area contributed by atoms with Gasteiger partial charge < -0.3 is 5.32 Å². The number of carbonyl (C=O) groups is 3. The molecular weight excluding hydrogens is 382 g/mol. The maximum absolute atomic E-state index is 12.4. The Hall–Kier alpha value is -2.26. The molecule has 2 atom stereocenters. The van der Waals surface area contributed by atoms with Gasteiger partial charge in [-0.3, -0.25) is 19.3 Å². The molecule has 1 aromatic rings. The van der Waals surface area contributed by atoms with Crippen LogP contribution in [0, 0.1) is 11.8 Å². The molecule has 2 aliphatic rings. The van der Waals surface area contributed by atoms with Crippen LogP contribution in [0.3, 0.4) is 0 Å². The summed E-state index contributed by atoms with van der Waals surface area (Å²) in [5, 5.41) is 2.48. The van der Waals surface area contributed by atoms with E-state index >= 15 is 0 Å². The Balaban J connectivity index is 1.43. The van der Waals surface area contributed by atoms with Gasteiger partial charge in [0.05, 0.1) is 17.6 Å². The fourth-order valence-corrected chi connectivity index (χ4v) is 4.67. The predicted octanol–water partition coefficient (Wildman–Crippen LogP) is 0.397. The van der Waals surface area contributed by atoms with Crippen molar-refractivity contribution in [1.29, 1.82) is 0 Å². The second kappa shape index (κ2) is 8.83. The number of sulfonamides is 1. The first-order valence-electron chi connectivity index (χ1n) is 9.50. The van der Waals surface area contributed by atoms with Gasteiger partial charge in [0.25, 0.3) is 0 Å². The summed E-state index contributed by atoms with van der Waals surface area (Å²) in [6.45, 7) is -0.259. The molecule has 28 heavy (non-hydrogen) atoms. The van der Waals surface area contributed by atoms with Gasteiger partial charge in [0.2, 0.25) is 27.7 Å². The molecule has 1 saturated heterocycles. The number of rotatable bonds is 8. The number of carbonyl (C=O) groups excluding carboxylic acids is 3. The van der Waals surface area contributed by atoms with Gasteiger partial charge in [-0.15, -0.1) is 0 Å². The van der Waals surface area contributed by atoms with Crippen LogP contribution < -0.4 is 10.0 Å². The minimum atomic E-state index is -3.55. The molecule has 1 aliphatic heterocycles. The lowest BCUT2D eigenvalue weighted by Gasteiger charge is -2.19. The number of fused-ring (bicyclic) bond motifs is 1. The third-order valence-electron chi connectivity index (χ3n) is 5.27. The van der Waals surface area contributed by atoms with Crippen LogP contribution >= 0.6 is 0 Å². The molecular formula is C19H25N3O5S. The number of hydrogen-bond acceptors (Lipinski definition) is 5. The molecule has 1 saturated carbocycles. The summed E-state index contributed by atoms with van der Waals surface area (Å²) < 4.78 is 26.5. The molecule has 0 bridgehead atoms. The van der Waals surface area contributed by atoms with E-state index in [0.717, 1.165) is 23.3 Å². The van der Waals surface area contributed by atoms with Crippen molar-refractivity contribution < 1.29 is 22.8 Å². The highest BCUT2D eigenvalue weighted by molar-refractivity contribution is 7.89. The topological polar surface area (TPSA) is 113 Å². The molecule has 0 radical (unpaired) electrons. The van der Waals surface area contributed by atoms with E-state index in [1.807, 2.05) is 30.3 Å². The maximum atomic E-state index is 12.4. The zero-order valence-corrected chi connectivity index (χ0v) is 16.4. The highest BCUT2D eigenvalue weighted by Gasteiger charge is 2.48. The maximum Gasteiger partial charge on any atom is 0.240 e. The smallest absolute Gasteiger partial charge is 0.240 e. The van der Waals surface area contributed by atoms with E-state index < -0.39 is 15.9 Å². The highest BCUT2D eigenvalue weighted by Crippen LogP contribution is 2.37. The standard InChI is InChI=1S/C19H25N3O5S/c23-17(13-22-18(24)15-8-4-5-9-16(15)19(22)25)20-10-11-28(26,27)21-12-14-6-2-1-3-7-14/h1-3,6-7,15-16,21H,4-5,8-13H2,(H,20,23). The summed E-state index contributed by atoms with van der Waals surface area (Å²) in [7, 11) is -3.55. The Morgan fingerprint density at radius 1 is 1.04 bits per heavy atom. The van der Waals surface area contributed by atoms with Crippen LogP contribution in [0.5, 0.6) is 0 Å². The number of imide groups is 1. The molecule has 9 heteroatoms. The molecule has 1 aliphatic carbocycles. The van der Waals surface area contributed by atoms with Crippen LogP contribution in [0.1, 0.15) is 31.2 Å². The largest absolute Gasteiger partial charge is 0.353 e. The predicted molar refractivity (Wildman–Crippen MR) is 102 cm³/mol. The van der Waals surface area contributed by atoms with Crippen LogP contribution in [0.15, 0.2) is 30.3 Å². The Labute approximate surface area is 164 Å².